The highest BCUT2D eigenvalue weighted by atomic mass is 32.1. The number of para-hydroxylation sites is 1. The molecule has 0 aliphatic carbocycles. The number of benzene rings is 1. The van der Waals surface area contributed by atoms with Crippen LogP contribution in [0.1, 0.15) is 26.6 Å². The van der Waals surface area contributed by atoms with E-state index in [0.29, 0.717) is 23.7 Å². The fraction of sp³-hybridized carbons (Fsp3) is 0.214. The number of carbonyl (C=O) groups is 1. The van der Waals surface area contributed by atoms with Crippen molar-refractivity contribution in [3.63, 3.8) is 0 Å². The van der Waals surface area contributed by atoms with Gasteiger partial charge in [-0.05, 0) is 30.1 Å². The Morgan fingerprint density at radius 1 is 1.27 bits per heavy atom. The van der Waals surface area contributed by atoms with E-state index in [1.54, 1.807) is 18.0 Å². The molecule has 0 bridgehead atoms. The third-order valence-corrected chi connectivity index (χ3v) is 4.53. The fourth-order valence-corrected chi connectivity index (χ4v) is 3.19. The summed E-state index contributed by atoms with van der Waals surface area (Å²) in [5.74, 6) is -0.0883. The highest BCUT2D eigenvalue weighted by molar-refractivity contribution is 7.08. The van der Waals surface area contributed by atoms with E-state index in [0.717, 1.165) is 28.5 Å². The third kappa shape index (κ3) is 2.00. The maximum atomic E-state index is 12.9. The van der Waals surface area contributed by atoms with Gasteiger partial charge in [0.1, 0.15) is 4.88 Å². The summed E-state index contributed by atoms with van der Waals surface area (Å²) in [6, 6.07) is 7.85. The zero-order valence-corrected chi connectivity index (χ0v) is 12.6. The average molecular weight is 312 g/mol. The molecule has 8 heteroatoms. The molecule has 1 amide bonds. The Bertz CT molecular complexity index is 854. The smallest absolute Gasteiger partial charge is 0.272 e. The Morgan fingerprint density at radius 3 is 2.95 bits per heavy atom. The molecule has 0 unspecified atom stereocenters. The van der Waals surface area contributed by atoms with Crippen LogP contribution in [0.25, 0.3) is 0 Å². The maximum Gasteiger partial charge on any atom is 0.272 e. The summed E-state index contributed by atoms with van der Waals surface area (Å²) in [6.45, 7) is 2.83. The van der Waals surface area contributed by atoms with E-state index >= 15 is 0 Å². The van der Waals surface area contributed by atoms with Gasteiger partial charge in [-0.3, -0.25) is 4.79 Å². The number of amides is 1. The van der Waals surface area contributed by atoms with Gasteiger partial charge in [0, 0.05) is 5.69 Å². The largest absolute Gasteiger partial charge is 0.301 e. The fourth-order valence-electron chi connectivity index (χ4n) is 2.58. The lowest BCUT2D eigenvalue weighted by Gasteiger charge is -2.21. The molecule has 1 aromatic carbocycles. The minimum Gasteiger partial charge on any atom is -0.301 e. The molecule has 0 fully saturated rings. The van der Waals surface area contributed by atoms with Crippen LogP contribution < -0.4 is 4.90 Å². The van der Waals surface area contributed by atoms with E-state index in [1.165, 1.54) is 0 Å². The van der Waals surface area contributed by atoms with Gasteiger partial charge in [-0.1, -0.05) is 27.9 Å². The number of anilines is 1. The number of rotatable bonds is 1. The minimum absolute atomic E-state index is 0.0883. The first-order valence-electron chi connectivity index (χ1n) is 6.80. The summed E-state index contributed by atoms with van der Waals surface area (Å²) in [4.78, 5) is 15.3. The van der Waals surface area contributed by atoms with E-state index in [1.807, 2.05) is 28.9 Å². The van der Waals surface area contributed by atoms with Crippen molar-refractivity contribution < 1.29 is 4.79 Å². The summed E-state index contributed by atoms with van der Waals surface area (Å²) in [7, 11) is 0. The highest BCUT2D eigenvalue weighted by Gasteiger charge is 2.27. The highest BCUT2D eigenvalue weighted by Crippen LogP contribution is 2.29. The molecule has 0 saturated carbocycles. The van der Waals surface area contributed by atoms with Crippen LogP contribution in [0.4, 0.5) is 5.69 Å². The molecule has 1 aliphatic rings. The van der Waals surface area contributed by atoms with Gasteiger partial charge >= 0.3 is 0 Å². The van der Waals surface area contributed by atoms with Gasteiger partial charge in [-0.25, -0.2) is 4.68 Å². The van der Waals surface area contributed by atoms with Crippen LogP contribution in [0.15, 0.2) is 30.5 Å². The Hall–Kier alpha value is -2.61. The number of carbonyl (C=O) groups excluding carboxylic acids is 1. The number of nitrogens with zero attached hydrogens (tertiary/aromatic N) is 6. The summed E-state index contributed by atoms with van der Waals surface area (Å²) >= 11 is 1.13. The second-order valence-electron chi connectivity index (χ2n) is 5.09. The van der Waals surface area contributed by atoms with Crippen molar-refractivity contribution in [1.82, 2.24) is 24.6 Å². The molecule has 1 aliphatic heterocycles. The first-order chi connectivity index (χ1) is 10.7. The third-order valence-electron chi connectivity index (χ3n) is 3.71. The van der Waals surface area contributed by atoms with Gasteiger partial charge in [0.15, 0.2) is 0 Å². The van der Waals surface area contributed by atoms with Gasteiger partial charge in [0.25, 0.3) is 5.91 Å². The van der Waals surface area contributed by atoms with Crippen LogP contribution in [0.5, 0.6) is 0 Å². The maximum absolute atomic E-state index is 12.9. The Morgan fingerprint density at radius 2 is 2.14 bits per heavy atom. The quantitative estimate of drug-likeness (QED) is 0.683. The molecule has 22 heavy (non-hydrogen) atoms. The standard InChI is InChI=1S/C14H12N6OS/c1-9-13(22-18-16-9)14(21)19-8-11-6-15-17-20(11)7-10-4-2-3-5-12(10)19/h2-6H,7-8H2,1H3. The molecule has 0 atom stereocenters. The molecule has 0 saturated heterocycles. The topological polar surface area (TPSA) is 76.8 Å². The predicted octanol–water partition coefficient (Wildman–Crippen LogP) is 1.65. The minimum atomic E-state index is -0.0883. The predicted molar refractivity (Wildman–Crippen MR) is 80.7 cm³/mol. The monoisotopic (exact) mass is 312 g/mol. The van der Waals surface area contributed by atoms with Gasteiger partial charge in [-0.2, -0.15) is 0 Å². The van der Waals surface area contributed by atoms with E-state index in [2.05, 4.69) is 19.9 Å². The van der Waals surface area contributed by atoms with Crippen molar-refractivity contribution >= 4 is 23.1 Å². The normalized spacial score (nSPS) is 13.4. The first kappa shape index (κ1) is 13.1. The summed E-state index contributed by atoms with van der Waals surface area (Å²) in [5, 5.41) is 12.0. The van der Waals surface area contributed by atoms with Crippen LogP contribution in [-0.4, -0.2) is 30.5 Å². The zero-order valence-electron chi connectivity index (χ0n) is 11.8. The van der Waals surface area contributed by atoms with Crippen LogP contribution in [0, 0.1) is 6.92 Å². The average Bonchev–Trinajstić information content (AvgIpc) is 3.11. The molecule has 4 rings (SSSR count). The Balaban J connectivity index is 1.84. The molecule has 2 aromatic heterocycles. The van der Waals surface area contributed by atoms with Gasteiger partial charge in [0.05, 0.1) is 30.7 Å². The van der Waals surface area contributed by atoms with Crippen LogP contribution >= 0.6 is 11.5 Å². The number of hydrogen-bond acceptors (Lipinski definition) is 6. The number of hydrogen-bond donors (Lipinski definition) is 0. The molecular weight excluding hydrogens is 300 g/mol. The van der Waals surface area contributed by atoms with Crippen LogP contribution in [0.2, 0.25) is 0 Å². The molecule has 3 heterocycles. The van der Waals surface area contributed by atoms with Crippen molar-refractivity contribution in [2.75, 3.05) is 4.90 Å². The number of fused-ring (bicyclic) bond motifs is 2. The molecular formula is C14H12N6OS. The van der Waals surface area contributed by atoms with E-state index < -0.39 is 0 Å². The summed E-state index contributed by atoms with van der Waals surface area (Å²) in [6.07, 6.45) is 1.70. The molecule has 110 valence electrons. The summed E-state index contributed by atoms with van der Waals surface area (Å²) in [5.41, 5.74) is 3.49. The van der Waals surface area contributed by atoms with E-state index in [-0.39, 0.29) is 5.91 Å². The van der Waals surface area contributed by atoms with Gasteiger partial charge < -0.3 is 4.90 Å². The van der Waals surface area contributed by atoms with Crippen molar-refractivity contribution in [2.24, 2.45) is 0 Å². The molecule has 7 nitrogen and oxygen atoms in total. The Kier molecular flexibility index (Phi) is 2.97. The molecule has 0 spiro atoms. The lowest BCUT2D eigenvalue weighted by Crippen LogP contribution is -2.30. The molecule has 3 aromatic rings. The molecule has 0 N–H and O–H groups in total. The van der Waals surface area contributed by atoms with Crippen LogP contribution in [0.3, 0.4) is 0 Å². The summed E-state index contributed by atoms with van der Waals surface area (Å²) < 4.78 is 5.69. The lowest BCUT2D eigenvalue weighted by atomic mass is 10.1. The second kappa shape index (κ2) is 4.99. The molecule has 0 radical (unpaired) electrons. The van der Waals surface area contributed by atoms with Crippen LogP contribution in [-0.2, 0) is 13.1 Å². The number of aryl methyl sites for hydroxylation is 1. The Labute approximate surface area is 130 Å². The SMILES string of the molecule is Cc1nnsc1C(=O)N1Cc2cnnn2Cc2ccccc21. The van der Waals surface area contributed by atoms with E-state index in [4.69, 9.17) is 0 Å². The van der Waals surface area contributed by atoms with Crippen molar-refractivity contribution in [1.29, 1.82) is 0 Å². The van der Waals surface area contributed by atoms with Crippen molar-refractivity contribution in [2.45, 2.75) is 20.0 Å². The first-order valence-corrected chi connectivity index (χ1v) is 7.57. The lowest BCUT2D eigenvalue weighted by molar-refractivity contribution is 0.0988. The van der Waals surface area contributed by atoms with Crippen molar-refractivity contribution in [3.8, 4) is 0 Å². The second-order valence-corrected chi connectivity index (χ2v) is 5.84. The zero-order chi connectivity index (χ0) is 15.1. The number of aromatic nitrogens is 5. The van der Waals surface area contributed by atoms with Crippen molar-refractivity contribution in [3.05, 3.63) is 52.3 Å². The van der Waals surface area contributed by atoms with E-state index in [9.17, 15) is 4.79 Å². The van der Waals surface area contributed by atoms with Gasteiger partial charge in [0.2, 0.25) is 0 Å². The van der Waals surface area contributed by atoms with Gasteiger partial charge in [-0.15, -0.1) is 10.2 Å².